The van der Waals surface area contributed by atoms with E-state index in [2.05, 4.69) is 32.0 Å². The second-order valence-electron chi connectivity index (χ2n) is 11.3. The van der Waals surface area contributed by atoms with Gasteiger partial charge in [-0.15, -0.1) is 0 Å². The summed E-state index contributed by atoms with van der Waals surface area (Å²) in [5.41, 5.74) is 4.84. The lowest BCUT2D eigenvalue weighted by Crippen LogP contribution is -2.40. The highest BCUT2D eigenvalue weighted by molar-refractivity contribution is 5.92. The molecule has 1 amide bonds. The molecule has 0 radical (unpaired) electrons. The van der Waals surface area contributed by atoms with Gasteiger partial charge in [-0.1, -0.05) is 80.6 Å². The minimum atomic E-state index is -0.811. The van der Waals surface area contributed by atoms with Gasteiger partial charge in [0, 0.05) is 6.54 Å². The van der Waals surface area contributed by atoms with E-state index in [0.29, 0.717) is 24.4 Å². The van der Waals surface area contributed by atoms with E-state index in [1.54, 1.807) is 4.90 Å². The van der Waals surface area contributed by atoms with Crippen LogP contribution in [0.4, 0.5) is 4.79 Å². The van der Waals surface area contributed by atoms with Gasteiger partial charge in [0.15, 0.2) is 0 Å². The SMILES string of the molecule is COC(=O)c1ccc(-c2ccc(CCN(C[C@H](O)c3ccccc3)C(=O)OC(C)(C)C)cc2)cc1CC(C)C. The number of carbonyl (C=O) groups excluding carboxylic acids is 2. The first-order valence-electron chi connectivity index (χ1n) is 13.5. The maximum Gasteiger partial charge on any atom is 0.410 e. The quantitative estimate of drug-likeness (QED) is 0.290. The average Bonchev–Trinajstić information content (AvgIpc) is 2.90. The molecule has 0 bridgehead atoms. The molecule has 3 rings (SSSR count). The van der Waals surface area contributed by atoms with Gasteiger partial charge in [0.25, 0.3) is 0 Å². The highest BCUT2D eigenvalue weighted by Crippen LogP contribution is 2.26. The van der Waals surface area contributed by atoms with Crippen LogP contribution in [0.3, 0.4) is 0 Å². The lowest BCUT2D eigenvalue weighted by atomic mass is 9.93. The smallest absolute Gasteiger partial charge is 0.410 e. The predicted molar refractivity (Wildman–Crippen MR) is 155 cm³/mol. The van der Waals surface area contributed by atoms with Crippen LogP contribution in [0, 0.1) is 5.92 Å². The lowest BCUT2D eigenvalue weighted by Gasteiger charge is -2.29. The van der Waals surface area contributed by atoms with Gasteiger partial charge in [-0.2, -0.15) is 0 Å². The number of nitrogens with zero attached hydrogens (tertiary/aromatic N) is 1. The monoisotopic (exact) mass is 531 g/mol. The molecular formula is C33H41NO5. The Morgan fingerprint density at radius 3 is 2.15 bits per heavy atom. The summed E-state index contributed by atoms with van der Waals surface area (Å²) in [6.07, 6.45) is 0.138. The summed E-state index contributed by atoms with van der Waals surface area (Å²) in [5, 5.41) is 10.8. The number of amides is 1. The molecule has 0 spiro atoms. The summed E-state index contributed by atoms with van der Waals surface area (Å²) >= 11 is 0. The Morgan fingerprint density at radius 1 is 0.923 bits per heavy atom. The van der Waals surface area contributed by atoms with E-state index in [-0.39, 0.29) is 12.5 Å². The maximum atomic E-state index is 13.0. The molecule has 0 aliphatic carbocycles. The molecule has 1 N–H and O–H groups in total. The average molecular weight is 532 g/mol. The number of hydrogen-bond donors (Lipinski definition) is 1. The van der Waals surface area contributed by atoms with Crippen molar-refractivity contribution in [1.29, 1.82) is 0 Å². The van der Waals surface area contributed by atoms with Gasteiger partial charge in [-0.05, 0) is 73.4 Å². The molecule has 3 aromatic carbocycles. The fraction of sp³-hybridized carbons (Fsp3) is 0.394. The molecule has 1 atom stereocenters. The Bertz CT molecular complexity index is 1230. The zero-order valence-corrected chi connectivity index (χ0v) is 23.9. The molecule has 39 heavy (non-hydrogen) atoms. The predicted octanol–water partition coefficient (Wildman–Crippen LogP) is 6.85. The molecule has 0 fully saturated rings. The lowest BCUT2D eigenvalue weighted by molar-refractivity contribution is 0.0147. The number of aliphatic hydroxyl groups is 1. The first-order chi connectivity index (χ1) is 18.5. The number of hydrogen-bond acceptors (Lipinski definition) is 5. The number of methoxy groups -OCH3 is 1. The number of rotatable bonds is 10. The summed E-state index contributed by atoms with van der Waals surface area (Å²) in [5.74, 6) is 0.0823. The van der Waals surface area contributed by atoms with Crippen molar-refractivity contribution < 1.29 is 24.2 Å². The summed E-state index contributed by atoms with van der Waals surface area (Å²) in [6.45, 7) is 10.3. The van der Waals surface area contributed by atoms with Gasteiger partial charge in [0.2, 0.25) is 0 Å². The fourth-order valence-corrected chi connectivity index (χ4v) is 4.39. The number of ether oxygens (including phenoxy) is 2. The molecule has 6 nitrogen and oxygen atoms in total. The van der Waals surface area contributed by atoms with Crippen LogP contribution in [0.25, 0.3) is 11.1 Å². The van der Waals surface area contributed by atoms with Crippen LogP contribution < -0.4 is 0 Å². The molecule has 3 aromatic rings. The Kier molecular flexibility index (Phi) is 10.3. The van der Waals surface area contributed by atoms with Gasteiger partial charge >= 0.3 is 12.1 Å². The van der Waals surface area contributed by atoms with Crippen LogP contribution in [0.1, 0.15) is 67.8 Å². The number of carbonyl (C=O) groups is 2. The normalized spacial score (nSPS) is 12.2. The Hall–Kier alpha value is -3.64. The minimum Gasteiger partial charge on any atom is -0.465 e. The minimum absolute atomic E-state index is 0.141. The van der Waals surface area contributed by atoms with Gasteiger partial charge in [0.05, 0.1) is 25.3 Å². The highest BCUT2D eigenvalue weighted by Gasteiger charge is 2.24. The van der Waals surface area contributed by atoms with E-state index in [1.165, 1.54) is 7.11 Å². The highest BCUT2D eigenvalue weighted by atomic mass is 16.6. The Labute approximate surface area is 232 Å². The third-order valence-electron chi connectivity index (χ3n) is 6.33. The van der Waals surface area contributed by atoms with E-state index >= 15 is 0 Å². The number of aliphatic hydroxyl groups excluding tert-OH is 1. The van der Waals surface area contributed by atoms with Crippen molar-refractivity contribution in [3.05, 3.63) is 95.1 Å². The summed E-state index contributed by atoms with van der Waals surface area (Å²) in [4.78, 5) is 26.8. The van der Waals surface area contributed by atoms with Crippen molar-refractivity contribution in [2.45, 2.75) is 59.2 Å². The van der Waals surface area contributed by atoms with Crippen molar-refractivity contribution in [3.63, 3.8) is 0 Å². The third-order valence-corrected chi connectivity index (χ3v) is 6.33. The van der Waals surface area contributed by atoms with Crippen LogP contribution in [-0.4, -0.2) is 47.9 Å². The first kappa shape index (κ1) is 29.9. The van der Waals surface area contributed by atoms with Crippen LogP contribution >= 0.6 is 0 Å². The van der Waals surface area contributed by atoms with Crippen LogP contribution in [0.2, 0.25) is 0 Å². The summed E-state index contributed by atoms with van der Waals surface area (Å²) in [7, 11) is 1.40. The summed E-state index contributed by atoms with van der Waals surface area (Å²) in [6, 6.07) is 23.4. The molecule has 0 saturated heterocycles. The molecule has 0 aliphatic heterocycles. The fourth-order valence-electron chi connectivity index (χ4n) is 4.39. The number of benzene rings is 3. The van der Waals surface area contributed by atoms with E-state index in [4.69, 9.17) is 9.47 Å². The largest absolute Gasteiger partial charge is 0.465 e. The van der Waals surface area contributed by atoms with Gasteiger partial charge in [-0.3, -0.25) is 0 Å². The molecule has 6 heteroatoms. The van der Waals surface area contributed by atoms with Crippen molar-refractivity contribution in [2.24, 2.45) is 5.92 Å². The van der Waals surface area contributed by atoms with Crippen molar-refractivity contribution in [3.8, 4) is 11.1 Å². The van der Waals surface area contributed by atoms with Crippen LogP contribution in [0.15, 0.2) is 72.8 Å². The van der Waals surface area contributed by atoms with Crippen LogP contribution in [0.5, 0.6) is 0 Å². The molecule has 0 heterocycles. The van der Waals surface area contributed by atoms with E-state index in [1.807, 2.05) is 75.4 Å². The van der Waals surface area contributed by atoms with E-state index in [0.717, 1.165) is 34.2 Å². The molecular weight excluding hydrogens is 490 g/mol. The van der Waals surface area contributed by atoms with Crippen molar-refractivity contribution in [1.82, 2.24) is 4.90 Å². The second kappa shape index (κ2) is 13.4. The van der Waals surface area contributed by atoms with Gasteiger partial charge in [-0.25, -0.2) is 9.59 Å². The molecule has 0 aliphatic rings. The third kappa shape index (κ3) is 8.96. The second-order valence-corrected chi connectivity index (χ2v) is 11.3. The summed E-state index contributed by atoms with van der Waals surface area (Å²) < 4.78 is 10.6. The van der Waals surface area contributed by atoms with Gasteiger partial charge < -0.3 is 19.5 Å². The zero-order chi connectivity index (χ0) is 28.6. The van der Waals surface area contributed by atoms with E-state index in [9.17, 15) is 14.7 Å². The van der Waals surface area contributed by atoms with Crippen molar-refractivity contribution >= 4 is 12.1 Å². The first-order valence-corrected chi connectivity index (χ1v) is 13.5. The Balaban J connectivity index is 1.75. The maximum absolute atomic E-state index is 13.0. The van der Waals surface area contributed by atoms with Gasteiger partial charge in [0.1, 0.15) is 5.60 Å². The molecule has 0 saturated carbocycles. The van der Waals surface area contributed by atoms with Crippen LogP contribution in [-0.2, 0) is 22.3 Å². The topological polar surface area (TPSA) is 76.1 Å². The standard InChI is InChI=1S/C33H41NO5/c1-23(2)20-28-21-27(16-17-29(28)31(36)38-6)25-14-12-24(13-15-25)18-19-34(32(37)39-33(3,4)5)22-30(35)26-10-8-7-9-11-26/h7-17,21,23,30,35H,18-20,22H2,1-6H3/t30-/m0/s1. The molecule has 208 valence electrons. The Morgan fingerprint density at radius 2 is 1.56 bits per heavy atom. The number of esters is 1. The molecule has 0 aromatic heterocycles. The van der Waals surface area contributed by atoms with E-state index < -0.39 is 17.8 Å². The zero-order valence-electron chi connectivity index (χ0n) is 23.9. The van der Waals surface area contributed by atoms with Crippen molar-refractivity contribution in [2.75, 3.05) is 20.2 Å². The molecule has 0 unspecified atom stereocenters.